The fourth-order valence-corrected chi connectivity index (χ4v) is 2.73. The molecule has 2 N–H and O–H groups in total. The molecule has 0 amide bonds. The molecule has 3 aromatic heterocycles. The van der Waals surface area contributed by atoms with Crippen molar-refractivity contribution >= 4 is 11.0 Å². The van der Waals surface area contributed by atoms with Crippen LogP contribution in [0.1, 0.15) is 22.8 Å². The number of aliphatic hydroxyl groups excluding tert-OH is 1. The van der Waals surface area contributed by atoms with Crippen molar-refractivity contribution in [3.63, 3.8) is 0 Å². The monoisotopic (exact) mass is 315 g/mol. The van der Waals surface area contributed by atoms with E-state index < -0.39 is 6.10 Å². The number of benzene rings is 1. The number of aromatic nitrogens is 4. The molecule has 6 nitrogen and oxygen atoms in total. The number of hydrogen-bond acceptors (Lipinski definition) is 4. The number of nitrogens with one attached hydrogen (secondary N) is 1. The van der Waals surface area contributed by atoms with Gasteiger partial charge < -0.3 is 10.1 Å². The molecule has 0 aliphatic carbocycles. The Morgan fingerprint density at radius 3 is 3.00 bits per heavy atom. The van der Waals surface area contributed by atoms with E-state index in [9.17, 15) is 5.11 Å². The van der Waals surface area contributed by atoms with Crippen LogP contribution in [-0.4, -0.2) is 24.9 Å². The van der Waals surface area contributed by atoms with Gasteiger partial charge in [0.15, 0.2) is 0 Å². The van der Waals surface area contributed by atoms with Crippen molar-refractivity contribution in [1.29, 1.82) is 5.26 Å². The molecule has 0 spiro atoms. The first-order valence-electron chi connectivity index (χ1n) is 7.41. The van der Waals surface area contributed by atoms with E-state index in [4.69, 9.17) is 5.26 Å². The molecular formula is C18H13N5O. The topological polar surface area (TPSA) is 90.5 Å². The van der Waals surface area contributed by atoms with Gasteiger partial charge in [-0.15, -0.1) is 0 Å². The predicted octanol–water partition coefficient (Wildman–Crippen LogP) is 2.70. The fourth-order valence-electron chi connectivity index (χ4n) is 2.73. The van der Waals surface area contributed by atoms with Crippen LogP contribution in [0.15, 0.2) is 61.2 Å². The van der Waals surface area contributed by atoms with Crippen molar-refractivity contribution in [1.82, 2.24) is 19.7 Å². The average Bonchev–Trinajstić information content (AvgIpc) is 3.30. The first-order chi connectivity index (χ1) is 11.8. The Morgan fingerprint density at radius 2 is 2.12 bits per heavy atom. The van der Waals surface area contributed by atoms with Crippen LogP contribution in [0.5, 0.6) is 0 Å². The summed E-state index contributed by atoms with van der Waals surface area (Å²) in [5.74, 6) is 0. The summed E-state index contributed by atoms with van der Waals surface area (Å²) in [7, 11) is 0. The van der Waals surface area contributed by atoms with Crippen LogP contribution >= 0.6 is 0 Å². The van der Waals surface area contributed by atoms with Crippen molar-refractivity contribution in [2.75, 3.05) is 0 Å². The lowest BCUT2D eigenvalue weighted by molar-refractivity contribution is 0.220. The lowest BCUT2D eigenvalue weighted by Gasteiger charge is -2.09. The summed E-state index contributed by atoms with van der Waals surface area (Å²) in [6.07, 6.45) is 6.11. The standard InChI is InChI=1S/C18H13N5O/c19-9-12-2-1-3-13(8-12)17(24)14-10-22-23(11-14)16-5-7-21-18-15(16)4-6-20-18/h1-8,10-11,17,24H,(H,20,21). The number of rotatable bonds is 3. The maximum atomic E-state index is 10.6. The zero-order valence-corrected chi connectivity index (χ0v) is 12.6. The molecule has 0 aliphatic rings. The zero-order valence-electron chi connectivity index (χ0n) is 12.6. The summed E-state index contributed by atoms with van der Waals surface area (Å²) in [4.78, 5) is 7.32. The van der Waals surface area contributed by atoms with Gasteiger partial charge in [-0.1, -0.05) is 12.1 Å². The van der Waals surface area contributed by atoms with E-state index in [0.29, 0.717) is 16.7 Å². The molecule has 6 heteroatoms. The van der Waals surface area contributed by atoms with Crippen LogP contribution in [0.2, 0.25) is 0 Å². The molecule has 0 fully saturated rings. The molecular weight excluding hydrogens is 302 g/mol. The number of pyridine rings is 1. The first kappa shape index (κ1) is 14.2. The molecule has 3 heterocycles. The van der Waals surface area contributed by atoms with Gasteiger partial charge in [-0.3, -0.25) is 0 Å². The van der Waals surface area contributed by atoms with Crippen molar-refractivity contribution in [3.05, 3.63) is 77.9 Å². The Labute approximate surface area is 137 Å². The van der Waals surface area contributed by atoms with Crippen LogP contribution in [0.25, 0.3) is 16.7 Å². The quantitative estimate of drug-likeness (QED) is 0.608. The van der Waals surface area contributed by atoms with Gasteiger partial charge in [0.25, 0.3) is 0 Å². The maximum Gasteiger partial charge on any atom is 0.139 e. The average molecular weight is 315 g/mol. The highest BCUT2D eigenvalue weighted by molar-refractivity contribution is 5.84. The largest absolute Gasteiger partial charge is 0.384 e. The molecule has 0 radical (unpaired) electrons. The Bertz CT molecular complexity index is 1060. The third kappa shape index (κ3) is 2.33. The summed E-state index contributed by atoms with van der Waals surface area (Å²) in [6, 6.07) is 12.8. The van der Waals surface area contributed by atoms with Crippen molar-refractivity contribution in [3.8, 4) is 11.8 Å². The SMILES string of the molecule is N#Cc1cccc(C(O)c2cnn(-c3ccnc4[nH]ccc34)c2)c1. The second kappa shape index (κ2) is 5.65. The van der Waals surface area contributed by atoms with Gasteiger partial charge in [-0.2, -0.15) is 10.4 Å². The molecule has 0 saturated carbocycles. The van der Waals surface area contributed by atoms with E-state index in [1.54, 1.807) is 47.5 Å². The molecule has 0 saturated heterocycles. The molecule has 1 aromatic carbocycles. The van der Waals surface area contributed by atoms with E-state index in [1.807, 2.05) is 18.3 Å². The third-order valence-corrected chi connectivity index (χ3v) is 3.93. The number of nitrogens with zero attached hydrogens (tertiary/aromatic N) is 4. The minimum Gasteiger partial charge on any atom is -0.384 e. The van der Waals surface area contributed by atoms with Crippen LogP contribution < -0.4 is 0 Å². The summed E-state index contributed by atoms with van der Waals surface area (Å²) < 4.78 is 1.71. The smallest absolute Gasteiger partial charge is 0.139 e. The summed E-state index contributed by atoms with van der Waals surface area (Å²) in [5, 5.41) is 24.9. The van der Waals surface area contributed by atoms with Gasteiger partial charge in [0.1, 0.15) is 11.8 Å². The number of aliphatic hydroxyl groups is 1. The number of H-pyrrole nitrogens is 1. The molecule has 116 valence electrons. The minimum absolute atomic E-state index is 0.516. The Kier molecular flexibility index (Phi) is 3.34. The predicted molar refractivity (Wildman–Crippen MR) is 88.4 cm³/mol. The first-order valence-corrected chi connectivity index (χ1v) is 7.41. The maximum absolute atomic E-state index is 10.6. The fraction of sp³-hybridized carbons (Fsp3) is 0.0556. The van der Waals surface area contributed by atoms with Crippen LogP contribution in [0.3, 0.4) is 0 Å². The molecule has 0 bridgehead atoms. The highest BCUT2D eigenvalue weighted by Crippen LogP contribution is 2.25. The van der Waals surface area contributed by atoms with Gasteiger partial charge in [0.05, 0.1) is 23.5 Å². The number of hydrogen-bond donors (Lipinski definition) is 2. The van der Waals surface area contributed by atoms with E-state index in [0.717, 1.165) is 16.7 Å². The summed E-state index contributed by atoms with van der Waals surface area (Å²) >= 11 is 0. The Hall–Kier alpha value is -3.43. The molecule has 4 aromatic rings. The summed E-state index contributed by atoms with van der Waals surface area (Å²) in [5.41, 5.74) is 3.50. The highest BCUT2D eigenvalue weighted by atomic mass is 16.3. The third-order valence-electron chi connectivity index (χ3n) is 3.93. The molecule has 0 aliphatic heterocycles. The number of fused-ring (bicyclic) bond motifs is 1. The van der Waals surface area contributed by atoms with Gasteiger partial charge in [0, 0.05) is 29.5 Å². The van der Waals surface area contributed by atoms with Crippen molar-refractivity contribution in [2.45, 2.75) is 6.10 Å². The second-order valence-corrected chi connectivity index (χ2v) is 5.43. The lowest BCUT2D eigenvalue weighted by atomic mass is 10.0. The molecule has 1 atom stereocenters. The summed E-state index contributed by atoms with van der Waals surface area (Å²) in [6.45, 7) is 0. The molecule has 4 rings (SSSR count). The van der Waals surface area contributed by atoms with E-state index in [-0.39, 0.29) is 0 Å². The molecule has 24 heavy (non-hydrogen) atoms. The van der Waals surface area contributed by atoms with E-state index in [1.165, 1.54) is 0 Å². The Balaban J connectivity index is 1.72. The van der Waals surface area contributed by atoms with Crippen molar-refractivity contribution in [2.24, 2.45) is 0 Å². The van der Waals surface area contributed by atoms with Crippen LogP contribution in [-0.2, 0) is 0 Å². The second-order valence-electron chi connectivity index (χ2n) is 5.43. The van der Waals surface area contributed by atoms with Gasteiger partial charge in [0.2, 0.25) is 0 Å². The Morgan fingerprint density at radius 1 is 1.21 bits per heavy atom. The lowest BCUT2D eigenvalue weighted by Crippen LogP contribution is -1.99. The highest BCUT2D eigenvalue weighted by Gasteiger charge is 2.14. The van der Waals surface area contributed by atoms with Crippen molar-refractivity contribution < 1.29 is 5.11 Å². The van der Waals surface area contributed by atoms with E-state index >= 15 is 0 Å². The zero-order chi connectivity index (χ0) is 16.5. The number of nitriles is 1. The van der Waals surface area contributed by atoms with E-state index in [2.05, 4.69) is 21.1 Å². The molecule has 1 unspecified atom stereocenters. The minimum atomic E-state index is -0.837. The van der Waals surface area contributed by atoms with Gasteiger partial charge >= 0.3 is 0 Å². The van der Waals surface area contributed by atoms with Crippen LogP contribution in [0.4, 0.5) is 0 Å². The normalized spacial score (nSPS) is 12.2. The van der Waals surface area contributed by atoms with Crippen LogP contribution in [0, 0.1) is 11.3 Å². The van der Waals surface area contributed by atoms with Gasteiger partial charge in [-0.05, 0) is 29.8 Å². The number of aromatic amines is 1. The van der Waals surface area contributed by atoms with Gasteiger partial charge in [-0.25, -0.2) is 9.67 Å².